The summed E-state index contributed by atoms with van der Waals surface area (Å²) < 4.78 is 11.0. The first-order valence-electron chi connectivity index (χ1n) is 13.5. The maximum atomic E-state index is 13.1. The van der Waals surface area contributed by atoms with Crippen LogP contribution in [-0.4, -0.2) is 77.5 Å². The lowest BCUT2D eigenvalue weighted by Crippen LogP contribution is -2.37. The monoisotopic (exact) mass is 612 g/mol. The Morgan fingerprint density at radius 2 is 1.98 bits per heavy atom. The zero-order chi connectivity index (χ0) is 29.5. The van der Waals surface area contributed by atoms with Gasteiger partial charge >= 0.3 is 6.01 Å². The zero-order valence-electron chi connectivity index (χ0n) is 22.6. The average Bonchev–Trinajstić information content (AvgIpc) is 2.99. The molecule has 0 spiro atoms. The standard InChI is InChI=1S/C29H30Cl2N6O5/c30-21-4-1-3-18(13-21)16-32-26(38)19-5-6-23(31)24(15-19)34-27(39)22-14-20-17-33-29(36-25(20)35-28(22)40)42-10-2-7-37-8-11-41-12-9-37/h1,3-6,13-15,17,28,40H,2,7-12,16H2,(H,32,38)(H,34,39)(H,33,35,36). The van der Waals surface area contributed by atoms with Crippen LogP contribution in [0.2, 0.25) is 10.0 Å². The van der Waals surface area contributed by atoms with E-state index < -0.39 is 12.1 Å². The fraction of sp³-hybridized carbons (Fsp3) is 0.310. The van der Waals surface area contributed by atoms with Gasteiger partial charge in [-0.1, -0.05) is 35.3 Å². The lowest BCUT2D eigenvalue weighted by Gasteiger charge is -2.26. The summed E-state index contributed by atoms with van der Waals surface area (Å²) in [5.41, 5.74) is 1.89. The highest BCUT2D eigenvalue weighted by Crippen LogP contribution is 2.28. The van der Waals surface area contributed by atoms with E-state index in [1.807, 2.05) is 6.07 Å². The molecule has 0 aliphatic carbocycles. The van der Waals surface area contributed by atoms with Crippen LogP contribution in [0.15, 0.2) is 54.2 Å². The van der Waals surface area contributed by atoms with Gasteiger partial charge in [-0.15, -0.1) is 0 Å². The normalized spacial score (nSPS) is 16.5. The fourth-order valence-electron chi connectivity index (χ4n) is 4.47. The number of hydrogen-bond donors (Lipinski definition) is 4. The predicted molar refractivity (Wildman–Crippen MR) is 160 cm³/mol. The van der Waals surface area contributed by atoms with E-state index in [1.54, 1.807) is 24.3 Å². The number of nitrogens with one attached hydrogen (secondary N) is 3. The van der Waals surface area contributed by atoms with Gasteiger partial charge in [0.25, 0.3) is 11.8 Å². The van der Waals surface area contributed by atoms with Gasteiger partial charge in [0.15, 0.2) is 6.23 Å². The molecule has 42 heavy (non-hydrogen) atoms. The van der Waals surface area contributed by atoms with Gasteiger partial charge in [-0.05, 0) is 48.4 Å². The Bertz CT molecular complexity index is 1480. The molecule has 5 rings (SSSR count). The number of morpholine rings is 1. The molecule has 2 aliphatic heterocycles. The van der Waals surface area contributed by atoms with Crippen LogP contribution in [0.25, 0.3) is 6.08 Å². The third kappa shape index (κ3) is 7.75. The summed E-state index contributed by atoms with van der Waals surface area (Å²) >= 11 is 12.3. The van der Waals surface area contributed by atoms with E-state index >= 15 is 0 Å². The van der Waals surface area contributed by atoms with Crippen LogP contribution in [-0.2, 0) is 16.1 Å². The summed E-state index contributed by atoms with van der Waals surface area (Å²) in [5.74, 6) is -0.623. The Balaban J connectivity index is 1.19. The molecule has 3 aromatic rings. The first-order valence-corrected chi connectivity index (χ1v) is 14.2. The summed E-state index contributed by atoms with van der Waals surface area (Å²) in [6.07, 6.45) is 2.48. The van der Waals surface area contributed by atoms with Crippen LogP contribution in [0.3, 0.4) is 0 Å². The molecule has 1 saturated heterocycles. The smallest absolute Gasteiger partial charge is 0.318 e. The SMILES string of the molecule is O=C(Nc1cc(C(=O)NCc2cccc(Cl)c2)ccc1Cl)C1=Cc2cnc(OCCCN3CCOCC3)nc2NC1O. The quantitative estimate of drug-likeness (QED) is 0.253. The summed E-state index contributed by atoms with van der Waals surface area (Å²) in [5, 5.41) is 19.8. The molecule has 1 unspecified atom stereocenters. The van der Waals surface area contributed by atoms with E-state index in [2.05, 4.69) is 30.8 Å². The average molecular weight is 614 g/mol. The molecule has 1 aromatic heterocycles. The van der Waals surface area contributed by atoms with Crippen LogP contribution in [0.4, 0.5) is 11.5 Å². The van der Waals surface area contributed by atoms with Crippen molar-refractivity contribution in [2.45, 2.75) is 19.2 Å². The van der Waals surface area contributed by atoms with Gasteiger partial charge in [0.1, 0.15) is 5.82 Å². The lowest BCUT2D eigenvalue weighted by molar-refractivity contribution is -0.113. The van der Waals surface area contributed by atoms with E-state index in [0.717, 1.165) is 44.8 Å². The molecule has 4 N–H and O–H groups in total. The number of carbonyl (C=O) groups is 2. The maximum absolute atomic E-state index is 13.1. The van der Waals surface area contributed by atoms with Crippen LogP contribution < -0.4 is 20.7 Å². The van der Waals surface area contributed by atoms with Gasteiger partial charge in [0.05, 0.1) is 36.1 Å². The third-order valence-electron chi connectivity index (χ3n) is 6.71. The van der Waals surface area contributed by atoms with Gasteiger partial charge in [0.2, 0.25) is 0 Å². The fourth-order valence-corrected chi connectivity index (χ4v) is 4.85. The molecule has 2 amide bonds. The highest BCUT2D eigenvalue weighted by Gasteiger charge is 2.26. The van der Waals surface area contributed by atoms with E-state index in [0.29, 0.717) is 28.6 Å². The van der Waals surface area contributed by atoms with Crippen LogP contribution in [0, 0.1) is 0 Å². The molecule has 220 valence electrons. The van der Waals surface area contributed by atoms with Gasteiger partial charge in [0, 0.05) is 48.5 Å². The van der Waals surface area contributed by atoms with Crippen LogP contribution >= 0.6 is 23.2 Å². The van der Waals surface area contributed by atoms with Gasteiger partial charge < -0.3 is 30.5 Å². The van der Waals surface area contributed by atoms with E-state index in [9.17, 15) is 14.7 Å². The zero-order valence-corrected chi connectivity index (χ0v) is 24.1. The third-order valence-corrected chi connectivity index (χ3v) is 7.27. The van der Waals surface area contributed by atoms with Crippen molar-refractivity contribution in [3.63, 3.8) is 0 Å². The van der Waals surface area contributed by atoms with Crippen LogP contribution in [0.1, 0.15) is 27.9 Å². The molecule has 0 bridgehead atoms. The number of fused-ring (bicyclic) bond motifs is 1. The molecule has 0 radical (unpaired) electrons. The number of ether oxygens (including phenoxy) is 2. The number of rotatable bonds is 10. The van der Waals surface area contributed by atoms with Crippen molar-refractivity contribution in [1.29, 1.82) is 0 Å². The Morgan fingerprint density at radius 3 is 2.79 bits per heavy atom. The first kappa shape index (κ1) is 29.7. The minimum atomic E-state index is -1.34. The highest BCUT2D eigenvalue weighted by atomic mass is 35.5. The number of aromatic nitrogens is 2. The van der Waals surface area contributed by atoms with Crippen molar-refractivity contribution in [2.75, 3.05) is 50.1 Å². The Hall–Kier alpha value is -3.74. The van der Waals surface area contributed by atoms with E-state index in [4.69, 9.17) is 32.7 Å². The number of aliphatic hydroxyl groups excluding tert-OH is 1. The predicted octanol–water partition coefficient (Wildman–Crippen LogP) is 3.58. The number of nitrogens with zero attached hydrogens (tertiary/aromatic N) is 3. The lowest BCUT2D eigenvalue weighted by atomic mass is 10.1. The summed E-state index contributed by atoms with van der Waals surface area (Å²) in [4.78, 5) is 36.7. The van der Waals surface area contributed by atoms with Crippen LogP contribution in [0.5, 0.6) is 6.01 Å². The molecular weight excluding hydrogens is 583 g/mol. The second-order valence-corrected chi connectivity index (χ2v) is 10.6. The van der Waals surface area contributed by atoms with Crippen molar-refractivity contribution in [1.82, 2.24) is 20.2 Å². The number of halogens is 2. The van der Waals surface area contributed by atoms with Gasteiger partial charge in [-0.2, -0.15) is 4.98 Å². The minimum Gasteiger partial charge on any atom is -0.463 e. The van der Waals surface area contributed by atoms with Crippen molar-refractivity contribution in [3.8, 4) is 6.01 Å². The Labute approximate surface area is 252 Å². The molecule has 1 atom stereocenters. The topological polar surface area (TPSA) is 138 Å². The highest BCUT2D eigenvalue weighted by molar-refractivity contribution is 6.34. The number of hydrogen-bond acceptors (Lipinski definition) is 9. The molecule has 11 nitrogen and oxygen atoms in total. The number of benzene rings is 2. The largest absolute Gasteiger partial charge is 0.463 e. The Morgan fingerprint density at radius 1 is 1.14 bits per heavy atom. The second kappa shape index (κ2) is 14.0. The molecule has 2 aliphatic rings. The molecular formula is C29H30Cl2N6O5. The number of aliphatic hydroxyl groups is 1. The van der Waals surface area contributed by atoms with Crippen molar-refractivity contribution >= 4 is 52.6 Å². The van der Waals surface area contributed by atoms with Gasteiger partial charge in [-0.25, -0.2) is 4.98 Å². The molecule has 13 heteroatoms. The second-order valence-electron chi connectivity index (χ2n) is 9.72. The van der Waals surface area contributed by atoms with Crippen molar-refractivity contribution < 1.29 is 24.2 Å². The molecule has 3 heterocycles. The summed E-state index contributed by atoms with van der Waals surface area (Å²) in [6.45, 7) is 4.94. The van der Waals surface area contributed by atoms with Crippen molar-refractivity contribution in [2.24, 2.45) is 0 Å². The molecule has 1 fully saturated rings. The maximum Gasteiger partial charge on any atom is 0.318 e. The number of anilines is 2. The Kier molecular flexibility index (Phi) is 9.88. The molecule has 2 aromatic carbocycles. The molecule has 0 saturated carbocycles. The van der Waals surface area contributed by atoms with E-state index in [1.165, 1.54) is 24.4 Å². The van der Waals surface area contributed by atoms with Gasteiger partial charge in [-0.3, -0.25) is 14.5 Å². The summed E-state index contributed by atoms with van der Waals surface area (Å²) in [6, 6.07) is 11.9. The van der Waals surface area contributed by atoms with E-state index in [-0.39, 0.29) is 34.7 Å². The number of amides is 2. The number of carbonyl (C=O) groups excluding carboxylic acids is 2. The van der Waals surface area contributed by atoms with Crippen molar-refractivity contribution in [3.05, 3.63) is 81.0 Å². The minimum absolute atomic E-state index is 0.0251. The summed E-state index contributed by atoms with van der Waals surface area (Å²) in [7, 11) is 0. The first-order chi connectivity index (χ1) is 20.4.